The fraction of sp³-hybridized carbons (Fsp3) is 0.867. The minimum Gasteiger partial charge on any atom is -0.411 e. The van der Waals surface area contributed by atoms with E-state index in [1.807, 2.05) is 0 Å². The molecule has 0 aromatic carbocycles. The molecule has 1 atom stereocenters. The third-order valence-electron chi connectivity index (χ3n) is 3.03. The van der Waals surface area contributed by atoms with Crippen LogP contribution in [0.25, 0.3) is 0 Å². The van der Waals surface area contributed by atoms with Gasteiger partial charge in [0.2, 0.25) is 0 Å². The van der Waals surface area contributed by atoms with Gasteiger partial charge >= 0.3 is 0 Å². The third-order valence-corrected chi connectivity index (χ3v) is 3.03. The first kappa shape index (κ1) is 20.3. The molecule has 114 valence electrons. The third kappa shape index (κ3) is 11.7. The van der Waals surface area contributed by atoms with Gasteiger partial charge in [-0.25, -0.2) is 0 Å². The van der Waals surface area contributed by atoms with Gasteiger partial charge in [0, 0.05) is 0 Å². The van der Waals surface area contributed by atoms with Crippen molar-refractivity contribution in [2.45, 2.75) is 79.6 Å². The first-order valence-electron chi connectivity index (χ1n) is 7.51. The lowest BCUT2D eigenvalue weighted by Crippen LogP contribution is -2.09. The summed E-state index contributed by atoms with van der Waals surface area (Å²) < 4.78 is 0. The van der Waals surface area contributed by atoms with Gasteiger partial charge in [0.05, 0.1) is 11.4 Å². The number of nitrogens with zero attached hydrogens (tertiary/aromatic N) is 2. The summed E-state index contributed by atoms with van der Waals surface area (Å²) >= 11 is 0. The van der Waals surface area contributed by atoms with Crippen molar-refractivity contribution >= 4 is 11.4 Å². The molecule has 0 aromatic heterocycles. The molecule has 0 aliphatic rings. The van der Waals surface area contributed by atoms with E-state index in [2.05, 4.69) is 44.9 Å². The van der Waals surface area contributed by atoms with Gasteiger partial charge in [0.15, 0.2) is 0 Å². The number of hydrogen-bond acceptors (Lipinski definition) is 4. The van der Waals surface area contributed by atoms with Crippen LogP contribution < -0.4 is 0 Å². The number of rotatable bonds is 8. The molecule has 0 bridgehead atoms. The smallest absolute Gasteiger partial charge is 0.0598 e. The molecular weight excluding hydrogens is 240 g/mol. The molecular formula is C15H32N2O2. The highest BCUT2D eigenvalue weighted by atomic mass is 16.4. The quantitative estimate of drug-likeness (QED) is 0.367. The fourth-order valence-electron chi connectivity index (χ4n) is 1.69. The maximum Gasteiger partial charge on any atom is 0.0598 e. The van der Waals surface area contributed by atoms with Crippen molar-refractivity contribution in [2.24, 2.45) is 16.2 Å². The Morgan fingerprint density at radius 2 is 1.32 bits per heavy atom. The van der Waals surface area contributed by atoms with Gasteiger partial charge in [-0.2, -0.15) is 0 Å². The van der Waals surface area contributed by atoms with Gasteiger partial charge in [0.25, 0.3) is 0 Å². The Labute approximate surface area is 118 Å². The fourth-order valence-corrected chi connectivity index (χ4v) is 1.69. The van der Waals surface area contributed by atoms with Crippen LogP contribution in [0.5, 0.6) is 0 Å². The molecule has 0 aliphatic carbocycles. The Bertz CT molecular complexity index is 243. The monoisotopic (exact) mass is 272 g/mol. The molecule has 4 nitrogen and oxygen atoms in total. The van der Waals surface area contributed by atoms with Crippen LogP contribution in [0.2, 0.25) is 0 Å². The second kappa shape index (κ2) is 15.0. The lowest BCUT2D eigenvalue weighted by atomic mass is 9.99. The normalized spacial score (nSPS) is 12.4. The largest absolute Gasteiger partial charge is 0.411 e. The summed E-state index contributed by atoms with van der Waals surface area (Å²) in [5, 5.41) is 23.4. The molecule has 0 aliphatic heterocycles. The Hall–Kier alpha value is -1.06. The SMILES string of the molecule is CCCC(=NO)C(C)CC.CCCC(CCC)=NO. The van der Waals surface area contributed by atoms with E-state index >= 15 is 0 Å². The Morgan fingerprint density at radius 3 is 1.58 bits per heavy atom. The highest BCUT2D eigenvalue weighted by molar-refractivity contribution is 5.85. The van der Waals surface area contributed by atoms with Crippen molar-refractivity contribution in [1.82, 2.24) is 0 Å². The van der Waals surface area contributed by atoms with Crippen LogP contribution in [-0.2, 0) is 0 Å². The summed E-state index contributed by atoms with van der Waals surface area (Å²) in [5.41, 5.74) is 1.87. The zero-order valence-electron chi connectivity index (χ0n) is 13.3. The molecule has 0 saturated heterocycles. The molecule has 0 saturated carbocycles. The molecule has 0 amide bonds. The summed E-state index contributed by atoms with van der Waals surface area (Å²) in [5.74, 6) is 0.435. The Morgan fingerprint density at radius 1 is 0.842 bits per heavy atom. The summed E-state index contributed by atoms with van der Waals surface area (Å²) in [6.07, 6.45) is 7.04. The van der Waals surface area contributed by atoms with Crippen LogP contribution in [0.15, 0.2) is 10.3 Å². The molecule has 19 heavy (non-hydrogen) atoms. The van der Waals surface area contributed by atoms with Gasteiger partial charge in [-0.3, -0.25) is 0 Å². The molecule has 2 N–H and O–H groups in total. The lowest BCUT2D eigenvalue weighted by molar-refractivity contribution is 0.313. The van der Waals surface area contributed by atoms with Crippen LogP contribution in [-0.4, -0.2) is 21.8 Å². The van der Waals surface area contributed by atoms with E-state index in [-0.39, 0.29) is 0 Å². The molecule has 0 rings (SSSR count). The summed E-state index contributed by atoms with van der Waals surface area (Å²) in [4.78, 5) is 0. The Kier molecular flexibility index (Phi) is 16.0. The van der Waals surface area contributed by atoms with E-state index in [0.717, 1.165) is 56.4 Å². The van der Waals surface area contributed by atoms with E-state index in [4.69, 9.17) is 10.4 Å². The molecule has 0 spiro atoms. The van der Waals surface area contributed by atoms with Gasteiger partial charge in [0.1, 0.15) is 0 Å². The van der Waals surface area contributed by atoms with Crippen molar-refractivity contribution in [2.75, 3.05) is 0 Å². The van der Waals surface area contributed by atoms with Crippen LogP contribution in [0.1, 0.15) is 79.6 Å². The van der Waals surface area contributed by atoms with Crippen molar-refractivity contribution in [3.63, 3.8) is 0 Å². The molecule has 0 heterocycles. The van der Waals surface area contributed by atoms with Crippen LogP contribution in [0.4, 0.5) is 0 Å². The van der Waals surface area contributed by atoms with E-state index in [9.17, 15) is 0 Å². The lowest BCUT2D eigenvalue weighted by Gasteiger charge is -2.08. The maximum atomic E-state index is 8.55. The van der Waals surface area contributed by atoms with Gasteiger partial charge in [-0.1, -0.05) is 64.2 Å². The standard InChI is InChI=1S/C8H17NO.C7H15NO/c1-4-6-8(9-10)7(3)5-2;1-3-5-7(8-9)6-4-2/h7,10H,4-6H2,1-3H3;9H,3-6H2,1-2H3. The van der Waals surface area contributed by atoms with E-state index in [0.29, 0.717) is 5.92 Å². The highest BCUT2D eigenvalue weighted by Crippen LogP contribution is 2.08. The van der Waals surface area contributed by atoms with Crippen molar-refractivity contribution in [1.29, 1.82) is 0 Å². The molecule has 4 heteroatoms. The maximum absolute atomic E-state index is 8.55. The van der Waals surface area contributed by atoms with E-state index in [1.165, 1.54) is 0 Å². The van der Waals surface area contributed by atoms with Gasteiger partial charge in [-0.05, 0) is 31.6 Å². The highest BCUT2D eigenvalue weighted by Gasteiger charge is 2.06. The molecule has 0 fully saturated rings. The van der Waals surface area contributed by atoms with Crippen LogP contribution in [0.3, 0.4) is 0 Å². The van der Waals surface area contributed by atoms with Crippen molar-refractivity contribution in [3.8, 4) is 0 Å². The zero-order chi connectivity index (χ0) is 15.1. The molecule has 0 radical (unpaired) electrons. The predicted molar refractivity (Wildman–Crippen MR) is 82.6 cm³/mol. The van der Waals surface area contributed by atoms with Crippen molar-refractivity contribution in [3.05, 3.63) is 0 Å². The van der Waals surface area contributed by atoms with Crippen molar-refractivity contribution < 1.29 is 10.4 Å². The second-order valence-electron chi connectivity index (χ2n) is 4.82. The summed E-state index contributed by atoms with van der Waals surface area (Å²) in [6.45, 7) is 10.4. The minimum absolute atomic E-state index is 0.435. The summed E-state index contributed by atoms with van der Waals surface area (Å²) in [7, 11) is 0. The first-order valence-corrected chi connectivity index (χ1v) is 7.51. The van der Waals surface area contributed by atoms with E-state index in [1.54, 1.807) is 0 Å². The van der Waals surface area contributed by atoms with Crippen LogP contribution in [0, 0.1) is 5.92 Å². The second-order valence-corrected chi connectivity index (χ2v) is 4.82. The topological polar surface area (TPSA) is 65.2 Å². The average molecular weight is 272 g/mol. The first-order chi connectivity index (χ1) is 9.10. The van der Waals surface area contributed by atoms with Crippen LogP contribution >= 0.6 is 0 Å². The molecule has 0 aromatic rings. The van der Waals surface area contributed by atoms with Gasteiger partial charge in [-0.15, -0.1) is 0 Å². The van der Waals surface area contributed by atoms with Gasteiger partial charge < -0.3 is 10.4 Å². The Balaban J connectivity index is 0. The number of oxime groups is 2. The summed E-state index contributed by atoms with van der Waals surface area (Å²) in [6, 6.07) is 0. The average Bonchev–Trinajstić information content (AvgIpc) is 2.44. The molecule has 1 unspecified atom stereocenters. The zero-order valence-corrected chi connectivity index (χ0v) is 13.3. The van der Waals surface area contributed by atoms with E-state index < -0.39 is 0 Å². The predicted octanol–water partition coefficient (Wildman–Crippen LogP) is 5.08. The number of hydrogen-bond donors (Lipinski definition) is 2. The minimum atomic E-state index is 0.435.